The minimum atomic E-state index is -0.637. The maximum absolute atomic E-state index is 12.4. The van der Waals surface area contributed by atoms with E-state index in [4.69, 9.17) is 23.7 Å². The van der Waals surface area contributed by atoms with Crippen LogP contribution in [-0.4, -0.2) is 69.9 Å². The predicted molar refractivity (Wildman–Crippen MR) is 87.2 cm³/mol. The zero-order valence-corrected chi connectivity index (χ0v) is 14.5. The number of carbonyl (C=O) groups excluding carboxylic acids is 1. The van der Waals surface area contributed by atoms with E-state index in [1.54, 1.807) is 12.1 Å². The predicted octanol–water partition coefficient (Wildman–Crippen LogP) is -0.102. The van der Waals surface area contributed by atoms with E-state index in [0.717, 1.165) is 5.56 Å². The molecule has 0 spiro atoms. The van der Waals surface area contributed by atoms with E-state index < -0.39 is 6.10 Å². The third kappa shape index (κ3) is 3.51. The normalized spacial score (nSPS) is 27.7. The van der Waals surface area contributed by atoms with E-state index in [1.165, 1.54) is 21.3 Å². The van der Waals surface area contributed by atoms with E-state index >= 15 is 0 Å². The minimum Gasteiger partial charge on any atom is -0.493 e. The van der Waals surface area contributed by atoms with Gasteiger partial charge in [0.05, 0.1) is 47.0 Å². The van der Waals surface area contributed by atoms with Crippen molar-refractivity contribution in [1.29, 1.82) is 0 Å². The molecule has 138 valence electrons. The summed E-state index contributed by atoms with van der Waals surface area (Å²) < 4.78 is 26.9. The molecule has 4 atom stereocenters. The highest BCUT2D eigenvalue weighted by Crippen LogP contribution is 2.38. The van der Waals surface area contributed by atoms with E-state index in [0.29, 0.717) is 23.9 Å². The molecule has 2 N–H and O–H groups in total. The van der Waals surface area contributed by atoms with Crippen LogP contribution in [0.1, 0.15) is 5.56 Å². The Morgan fingerprint density at radius 1 is 1.12 bits per heavy atom. The van der Waals surface area contributed by atoms with Crippen molar-refractivity contribution in [3.05, 3.63) is 17.7 Å². The fourth-order valence-electron chi connectivity index (χ4n) is 3.28. The summed E-state index contributed by atoms with van der Waals surface area (Å²) >= 11 is 0. The van der Waals surface area contributed by atoms with E-state index in [9.17, 15) is 9.90 Å². The Hall–Kier alpha value is -2.03. The number of ether oxygens (including phenoxy) is 5. The molecule has 1 aromatic rings. The van der Waals surface area contributed by atoms with Gasteiger partial charge in [-0.1, -0.05) is 0 Å². The average molecular weight is 353 g/mol. The Kier molecular flexibility index (Phi) is 5.31. The maximum atomic E-state index is 12.4. The molecule has 1 amide bonds. The van der Waals surface area contributed by atoms with Crippen molar-refractivity contribution in [2.45, 2.75) is 30.8 Å². The Labute approximate surface area is 146 Å². The van der Waals surface area contributed by atoms with Crippen LogP contribution in [0.3, 0.4) is 0 Å². The molecule has 2 aliphatic heterocycles. The van der Waals surface area contributed by atoms with Gasteiger partial charge < -0.3 is 34.1 Å². The monoisotopic (exact) mass is 353 g/mol. The van der Waals surface area contributed by atoms with E-state index in [2.05, 4.69) is 5.32 Å². The molecule has 0 aromatic heterocycles. The largest absolute Gasteiger partial charge is 0.493 e. The van der Waals surface area contributed by atoms with E-state index in [1.807, 2.05) is 0 Å². The first-order valence-corrected chi connectivity index (χ1v) is 8.07. The molecule has 1 aromatic carbocycles. The van der Waals surface area contributed by atoms with E-state index in [-0.39, 0.29) is 37.2 Å². The lowest BCUT2D eigenvalue weighted by molar-refractivity contribution is -0.121. The fraction of sp³-hybridized carbons (Fsp3) is 0.588. The molecule has 2 heterocycles. The minimum absolute atomic E-state index is 0.146. The van der Waals surface area contributed by atoms with Crippen molar-refractivity contribution in [3.8, 4) is 17.2 Å². The number of amides is 1. The third-order valence-electron chi connectivity index (χ3n) is 4.46. The molecule has 0 bridgehead atoms. The number of rotatable bonds is 6. The van der Waals surface area contributed by atoms with Crippen LogP contribution in [0.2, 0.25) is 0 Å². The molecule has 8 nitrogen and oxygen atoms in total. The zero-order chi connectivity index (χ0) is 18.0. The first kappa shape index (κ1) is 17.8. The number of fused-ring (bicyclic) bond motifs is 1. The second kappa shape index (κ2) is 7.47. The Balaban J connectivity index is 1.67. The molecule has 2 fully saturated rings. The van der Waals surface area contributed by atoms with Gasteiger partial charge in [0, 0.05) is 0 Å². The summed E-state index contributed by atoms with van der Waals surface area (Å²) in [6.45, 7) is 0.558. The van der Waals surface area contributed by atoms with Gasteiger partial charge in [0.25, 0.3) is 0 Å². The number of carbonyl (C=O) groups is 1. The van der Waals surface area contributed by atoms with Crippen LogP contribution in [0.15, 0.2) is 12.1 Å². The molecule has 0 saturated carbocycles. The second-order valence-electron chi connectivity index (χ2n) is 6.05. The number of hydrogen-bond acceptors (Lipinski definition) is 7. The van der Waals surface area contributed by atoms with Crippen molar-refractivity contribution >= 4 is 5.91 Å². The highest BCUT2D eigenvalue weighted by atomic mass is 16.6. The summed E-state index contributed by atoms with van der Waals surface area (Å²) in [6.07, 6.45) is -1.17. The van der Waals surface area contributed by atoms with Gasteiger partial charge in [-0.05, 0) is 17.7 Å². The van der Waals surface area contributed by atoms with Crippen molar-refractivity contribution in [1.82, 2.24) is 5.32 Å². The molecule has 25 heavy (non-hydrogen) atoms. The molecule has 0 unspecified atom stereocenters. The number of hydrogen-bond donors (Lipinski definition) is 2. The highest BCUT2D eigenvalue weighted by Gasteiger charge is 2.47. The van der Waals surface area contributed by atoms with Gasteiger partial charge >= 0.3 is 0 Å². The topological polar surface area (TPSA) is 95.5 Å². The van der Waals surface area contributed by atoms with Crippen molar-refractivity contribution in [2.24, 2.45) is 0 Å². The molecule has 2 saturated heterocycles. The van der Waals surface area contributed by atoms with Crippen LogP contribution < -0.4 is 19.5 Å². The summed E-state index contributed by atoms with van der Waals surface area (Å²) in [5, 5.41) is 12.7. The van der Waals surface area contributed by atoms with Gasteiger partial charge in [-0.25, -0.2) is 0 Å². The van der Waals surface area contributed by atoms with Gasteiger partial charge in [0.1, 0.15) is 18.3 Å². The Bertz CT molecular complexity index is 610. The van der Waals surface area contributed by atoms with Crippen LogP contribution in [0.5, 0.6) is 17.2 Å². The number of nitrogens with one attached hydrogen (secondary N) is 1. The second-order valence-corrected chi connectivity index (χ2v) is 6.05. The average Bonchev–Trinajstić information content (AvgIpc) is 3.17. The molecule has 3 rings (SSSR count). The molecular weight excluding hydrogens is 330 g/mol. The van der Waals surface area contributed by atoms with Crippen LogP contribution >= 0.6 is 0 Å². The SMILES string of the molecule is COc1cc(CC(=O)N[C@@H]2CO[C@H]3[C@@H]2OC[C@H]3O)cc(OC)c1OC. The number of methoxy groups -OCH3 is 3. The molecular formula is C17H23NO7. The van der Waals surface area contributed by atoms with Crippen molar-refractivity contribution in [2.75, 3.05) is 34.5 Å². The maximum Gasteiger partial charge on any atom is 0.224 e. The summed E-state index contributed by atoms with van der Waals surface area (Å²) in [5.74, 6) is 1.30. The first-order valence-electron chi connectivity index (χ1n) is 8.07. The highest BCUT2D eigenvalue weighted by molar-refractivity contribution is 5.79. The van der Waals surface area contributed by atoms with Crippen LogP contribution in [0.4, 0.5) is 0 Å². The lowest BCUT2D eigenvalue weighted by Gasteiger charge is -2.18. The summed E-state index contributed by atoms with van der Waals surface area (Å²) in [7, 11) is 4.58. The lowest BCUT2D eigenvalue weighted by atomic mass is 10.1. The van der Waals surface area contributed by atoms with Crippen molar-refractivity contribution < 1.29 is 33.6 Å². The molecule has 0 radical (unpaired) electrons. The lowest BCUT2D eigenvalue weighted by Crippen LogP contribution is -2.44. The Morgan fingerprint density at radius 3 is 2.36 bits per heavy atom. The van der Waals surface area contributed by atoms with Gasteiger partial charge in [0.2, 0.25) is 11.7 Å². The number of benzene rings is 1. The van der Waals surface area contributed by atoms with Crippen LogP contribution in [-0.2, 0) is 20.7 Å². The summed E-state index contributed by atoms with van der Waals surface area (Å²) in [4.78, 5) is 12.4. The Morgan fingerprint density at radius 2 is 1.76 bits per heavy atom. The van der Waals surface area contributed by atoms with Gasteiger partial charge in [0.15, 0.2) is 11.5 Å². The zero-order valence-electron chi connectivity index (χ0n) is 14.5. The smallest absolute Gasteiger partial charge is 0.224 e. The van der Waals surface area contributed by atoms with Gasteiger partial charge in [-0.3, -0.25) is 4.79 Å². The molecule has 0 aliphatic carbocycles. The van der Waals surface area contributed by atoms with Gasteiger partial charge in [-0.15, -0.1) is 0 Å². The van der Waals surface area contributed by atoms with Crippen molar-refractivity contribution in [3.63, 3.8) is 0 Å². The number of aliphatic hydroxyl groups is 1. The molecule has 2 aliphatic rings. The van der Waals surface area contributed by atoms with Crippen LogP contribution in [0, 0.1) is 0 Å². The number of aliphatic hydroxyl groups excluding tert-OH is 1. The van der Waals surface area contributed by atoms with Gasteiger partial charge in [-0.2, -0.15) is 0 Å². The molecule has 8 heteroatoms. The quantitative estimate of drug-likeness (QED) is 0.737. The third-order valence-corrected chi connectivity index (χ3v) is 4.46. The first-order chi connectivity index (χ1) is 12.1. The standard InChI is InChI=1S/C17H23NO7/c1-21-12-4-9(5-13(22-2)17(12)23-3)6-14(20)18-10-7-24-16-11(19)8-25-15(10)16/h4-5,10-11,15-16,19H,6-8H2,1-3H3,(H,18,20)/t10-,11-,15-,16-/m1/s1. The fourth-order valence-corrected chi connectivity index (χ4v) is 3.28. The summed E-state index contributed by atoms with van der Waals surface area (Å²) in [5.41, 5.74) is 0.731. The van der Waals surface area contributed by atoms with Crippen LogP contribution in [0.25, 0.3) is 0 Å². The summed E-state index contributed by atoms with van der Waals surface area (Å²) in [6, 6.07) is 3.21.